The van der Waals surface area contributed by atoms with Gasteiger partial charge in [-0.2, -0.15) is 0 Å². The Morgan fingerprint density at radius 1 is 1.42 bits per heavy atom. The number of benzene rings is 1. The highest BCUT2D eigenvalue weighted by Gasteiger charge is 2.45. The molecule has 4 heteroatoms. The van der Waals surface area contributed by atoms with Gasteiger partial charge in [-0.1, -0.05) is 6.92 Å². The molecule has 0 atom stereocenters. The molecule has 1 amide bonds. The lowest BCUT2D eigenvalue weighted by Gasteiger charge is -2.10. The number of anilines is 1. The number of nitrogens with zero attached hydrogens (tertiary/aromatic N) is 1. The van der Waals surface area contributed by atoms with Crippen molar-refractivity contribution in [2.75, 3.05) is 5.32 Å². The average molecular weight is 257 g/mol. The van der Waals surface area contributed by atoms with E-state index in [2.05, 4.69) is 35.1 Å². The standard InChI is InChI=1S/C15H19N3O/c1-2-8-18-9-5-11-10-12(3-4-13(11)18)17-14(19)15(16)6-7-15/h3-5,9-10H,2,6-8,16H2,1H3,(H,17,19). The first-order valence-corrected chi connectivity index (χ1v) is 6.82. The van der Waals surface area contributed by atoms with E-state index in [4.69, 9.17) is 5.73 Å². The Bertz CT molecular complexity index is 625. The molecule has 0 radical (unpaired) electrons. The molecule has 3 rings (SSSR count). The van der Waals surface area contributed by atoms with E-state index >= 15 is 0 Å². The molecule has 1 fully saturated rings. The van der Waals surface area contributed by atoms with Crippen molar-refractivity contribution in [2.45, 2.75) is 38.3 Å². The largest absolute Gasteiger partial charge is 0.347 e. The molecule has 0 bridgehead atoms. The molecule has 2 aromatic rings. The number of carbonyl (C=O) groups excluding carboxylic acids is 1. The third-order valence-electron chi connectivity index (χ3n) is 3.73. The van der Waals surface area contributed by atoms with Gasteiger partial charge in [0.25, 0.3) is 0 Å². The summed E-state index contributed by atoms with van der Waals surface area (Å²) in [6, 6.07) is 8.08. The van der Waals surface area contributed by atoms with Crippen LogP contribution in [0.1, 0.15) is 26.2 Å². The van der Waals surface area contributed by atoms with E-state index in [1.165, 1.54) is 5.52 Å². The predicted molar refractivity (Wildman–Crippen MR) is 77.0 cm³/mol. The number of carbonyl (C=O) groups is 1. The van der Waals surface area contributed by atoms with E-state index < -0.39 is 5.54 Å². The number of fused-ring (bicyclic) bond motifs is 1. The summed E-state index contributed by atoms with van der Waals surface area (Å²) < 4.78 is 2.23. The molecule has 1 aliphatic carbocycles. The van der Waals surface area contributed by atoms with E-state index in [0.717, 1.165) is 36.9 Å². The van der Waals surface area contributed by atoms with Crippen molar-refractivity contribution < 1.29 is 4.79 Å². The second kappa shape index (κ2) is 4.38. The highest BCUT2D eigenvalue weighted by atomic mass is 16.2. The molecule has 0 spiro atoms. The molecule has 0 saturated heterocycles. The summed E-state index contributed by atoms with van der Waals surface area (Å²) in [6.45, 7) is 3.18. The number of nitrogens with two attached hydrogens (primary N) is 1. The maximum absolute atomic E-state index is 11.9. The van der Waals surface area contributed by atoms with Gasteiger partial charge in [0.2, 0.25) is 5.91 Å². The monoisotopic (exact) mass is 257 g/mol. The normalized spacial score (nSPS) is 16.5. The molecule has 4 nitrogen and oxygen atoms in total. The van der Waals surface area contributed by atoms with Gasteiger partial charge >= 0.3 is 0 Å². The van der Waals surface area contributed by atoms with Crippen LogP contribution in [0.3, 0.4) is 0 Å². The van der Waals surface area contributed by atoms with E-state index in [-0.39, 0.29) is 5.91 Å². The maximum Gasteiger partial charge on any atom is 0.244 e. The number of aryl methyl sites for hydroxylation is 1. The topological polar surface area (TPSA) is 60.0 Å². The highest BCUT2D eigenvalue weighted by molar-refractivity contribution is 6.01. The van der Waals surface area contributed by atoms with Crippen LogP contribution in [0.2, 0.25) is 0 Å². The van der Waals surface area contributed by atoms with E-state index in [1.807, 2.05) is 12.1 Å². The zero-order valence-corrected chi connectivity index (χ0v) is 11.1. The summed E-state index contributed by atoms with van der Waals surface area (Å²) in [6.07, 6.45) is 4.77. The van der Waals surface area contributed by atoms with Gasteiger partial charge in [-0.3, -0.25) is 4.79 Å². The van der Waals surface area contributed by atoms with E-state index in [0.29, 0.717) is 0 Å². The Morgan fingerprint density at radius 3 is 2.89 bits per heavy atom. The first kappa shape index (κ1) is 12.2. The Labute approximate surface area is 112 Å². The van der Waals surface area contributed by atoms with Crippen LogP contribution in [0.15, 0.2) is 30.5 Å². The summed E-state index contributed by atoms with van der Waals surface area (Å²) in [5.74, 6) is -0.0696. The zero-order valence-electron chi connectivity index (χ0n) is 11.1. The fourth-order valence-corrected chi connectivity index (χ4v) is 2.33. The summed E-state index contributed by atoms with van der Waals surface area (Å²) in [7, 11) is 0. The van der Waals surface area contributed by atoms with Gasteiger partial charge in [-0.15, -0.1) is 0 Å². The lowest BCUT2D eigenvalue weighted by Crippen LogP contribution is -2.37. The van der Waals surface area contributed by atoms with Crippen molar-refractivity contribution >= 4 is 22.5 Å². The molecule has 3 N–H and O–H groups in total. The Morgan fingerprint density at radius 2 is 2.21 bits per heavy atom. The molecule has 1 heterocycles. The van der Waals surface area contributed by atoms with Crippen LogP contribution in [-0.2, 0) is 11.3 Å². The van der Waals surface area contributed by atoms with Crippen molar-refractivity contribution in [1.29, 1.82) is 0 Å². The molecule has 1 saturated carbocycles. The molecular weight excluding hydrogens is 238 g/mol. The Hall–Kier alpha value is -1.81. The summed E-state index contributed by atoms with van der Waals surface area (Å²) >= 11 is 0. The minimum Gasteiger partial charge on any atom is -0.347 e. The highest BCUT2D eigenvalue weighted by Crippen LogP contribution is 2.33. The van der Waals surface area contributed by atoms with E-state index in [9.17, 15) is 4.79 Å². The minimum atomic E-state index is -0.622. The molecule has 1 aromatic carbocycles. The third-order valence-corrected chi connectivity index (χ3v) is 3.73. The van der Waals surface area contributed by atoms with Crippen LogP contribution >= 0.6 is 0 Å². The van der Waals surface area contributed by atoms with Gasteiger partial charge in [-0.05, 0) is 43.5 Å². The number of amides is 1. The lowest BCUT2D eigenvalue weighted by molar-refractivity contribution is -0.118. The molecule has 1 aromatic heterocycles. The number of nitrogens with one attached hydrogen (secondary N) is 1. The minimum absolute atomic E-state index is 0.0696. The van der Waals surface area contributed by atoms with Crippen LogP contribution in [0, 0.1) is 0 Å². The number of rotatable bonds is 4. The van der Waals surface area contributed by atoms with Crippen molar-refractivity contribution in [3.8, 4) is 0 Å². The van der Waals surface area contributed by atoms with Crippen LogP contribution in [-0.4, -0.2) is 16.0 Å². The molecule has 0 aliphatic heterocycles. The molecule has 0 unspecified atom stereocenters. The third kappa shape index (κ3) is 2.24. The van der Waals surface area contributed by atoms with Gasteiger partial charge < -0.3 is 15.6 Å². The Kier molecular flexibility index (Phi) is 2.82. The second-order valence-corrected chi connectivity index (χ2v) is 5.39. The van der Waals surface area contributed by atoms with Crippen LogP contribution in [0.5, 0.6) is 0 Å². The number of hydrogen-bond donors (Lipinski definition) is 2. The maximum atomic E-state index is 11.9. The second-order valence-electron chi connectivity index (χ2n) is 5.39. The molecule has 100 valence electrons. The van der Waals surface area contributed by atoms with Crippen molar-refractivity contribution in [3.63, 3.8) is 0 Å². The first-order chi connectivity index (χ1) is 9.12. The molecule has 1 aliphatic rings. The van der Waals surface area contributed by atoms with Crippen molar-refractivity contribution in [3.05, 3.63) is 30.5 Å². The predicted octanol–water partition coefficient (Wildman–Crippen LogP) is 2.48. The number of aromatic nitrogens is 1. The average Bonchev–Trinajstić information content (AvgIpc) is 3.03. The fraction of sp³-hybridized carbons (Fsp3) is 0.400. The van der Waals surface area contributed by atoms with Gasteiger partial charge in [0.15, 0.2) is 0 Å². The van der Waals surface area contributed by atoms with Crippen molar-refractivity contribution in [2.24, 2.45) is 5.73 Å². The van der Waals surface area contributed by atoms with E-state index in [1.54, 1.807) is 0 Å². The summed E-state index contributed by atoms with van der Waals surface area (Å²) in [4.78, 5) is 11.9. The quantitative estimate of drug-likeness (QED) is 0.884. The lowest BCUT2D eigenvalue weighted by atomic mass is 10.2. The smallest absolute Gasteiger partial charge is 0.244 e. The van der Waals surface area contributed by atoms with Crippen LogP contribution in [0.25, 0.3) is 10.9 Å². The van der Waals surface area contributed by atoms with Crippen molar-refractivity contribution in [1.82, 2.24) is 4.57 Å². The van der Waals surface area contributed by atoms with Gasteiger partial charge in [-0.25, -0.2) is 0 Å². The van der Waals surface area contributed by atoms with Gasteiger partial charge in [0.1, 0.15) is 0 Å². The zero-order chi connectivity index (χ0) is 13.5. The molecular formula is C15H19N3O. The summed E-state index contributed by atoms with van der Waals surface area (Å²) in [5.41, 5.74) is 7.28. The first-order valence-electron chi connectivity index (χ1n) is 6.82. The SMILES string of the molecule is CCCn1ccc2cc(NC(=O)C3(N)CC3)ccc21. The number of hydrogen-bond acceptors (Lipinski definition) is 2. The van der Waals surface area contributed by atoms with Crippen LogP contribution < -0.4 is 11.1 Å². The van der Waals surface area contributed by atoms with Gasteiger partial charge in [0, 0.05) is 29.3 Å². The summed E-state index contributed by atoms with van der Waals surface area (Å²) in [5, 5.41) is 4.05. The molecule has 19 heavy (non-hydrogen) atoms. The fourth-order valence-electron chi connectivity index (χ4n) is 2.33. The van der Waals surface area contributed by atoms with Gasteiger partial charge in [0.05, 0.1) is 5.54 Å². The Balaban J connectivity index is 1.84. The van der Waals surface area contributed by atoms with Crippen LogP contribution in [0.4, 0.5) is 5.69 Å².